The van der Waals surface area contributed by atoms with Gasteiger partial charge in [0.1, 0.15) is 0 Å². The zero-order valence-electron chi connectivity index (χ0n) is 13.5. The fourth-order valence-electron chi connectivity index (χ4n) is 3.09. The van der Waals surface area contributed by atoms with Crippen LogP contribution in [0.5, 0.6) is 0 Å². The van der Waals surface area contributed by atoms with Gasteiger partial charge in [-0.3, -0.25) is 14.5 Å². The molecule has 0 radical (unpaired) electrons. The Balaban J connectivity index is 1.49. The zero-order valence-corrected chi connectivity index (χ0v) is 15.1. The first-order chi connectivity index (χ1) is 11.6. The van der Waals surface area contributed by atoms with Gasteiger partial charge in [0.2, 0.25) is 11.8 Å². The fourth-order valence-corrected chi connectivity index (χ4v) is 3.59. The number of para-hydroxylation sites is 1. The van der Waals surface area contributed by atoms with Crippen molar-refractivity contribution >= 4 is 33.4 Å². The highest BCUT2D eigenvalue weighted by atomic mass is 79.9. The molecule has 1 aromatic rings. The van der Waals surface area contributed by atoms with Gasteiger partial charge in [-0.2, -0.15) is 0 Å². The van der Waals surface area contributed by atoms with E-state index in [1.54, 1.807) is 4.90 Å². The lowest BCUT2D eigenvalue weighted by Gasteiger charge is -2.26. The number of rotatable bonds is 5. The molecule has 0 bridgehead atoms. The highest BCUT2D eigenvalue weighted by Gasteiger charge is 2.35. The van der Waals surface area contributed by atoms with E-state index in [4.69, 9.17) is 4.74 Å². The summed E-state index contributed by atoms with van der Waals surface area (Å²) in [6.07, 6.45) is 0.269. The maximum Gasteiger partial charge on any atom is 0.227 e. The van der Waals surface area contributed by atoms with Crippen LogP contribution in [0.3, 0.4) is 0 Å². The van der Waals surface area contributed by atoms with Gasteiger partial charge in [-0.15, -0.1) is 0 Å². The molecule has 2 aliphatic rings. The van der Waals surface area contributed by atoms with Gasteiger partial charge < -0.3 is 15.0 Å². The summed E-state index contributed by atoms with van der Waals surface area (Å²) >= 11 is 3.47. The Morgan fingerprint density at radius 2 is 2.04 bits per heavy atom. The van der Waals surface area contributed by atoms with E-state index >= 15 is 0 Å². The van der Waals surface area contributed by atoms with Crippen LogP contribution < -0.4 is 10.2 Å². The van der Waals surface area contributed by atoms with Gasteiger partial charge >= 0.3 is 0 Å². The number of carbonyl (C=O) groups is 2. The summed E-state index contributed by atoms with van der Waals surface area (Å²) < 4.78 is 6.18. The van der Waals surface area contributed by atoms with Crippen molar-refractivity contribution in [3.63, 3.8) is 0 Å². The molecule has 2 heterocycles. The van der Waals surface area contributed by atoms with E-state index in [1.807, 2.05) is 24.3 Å². The van der Waals surface area contributed by atoms with Crippen LogP contribution in [0.25, 0.3) is 0 Å². The monoisotopic (exact) mass is 395 g/mol. The van der Waals surface area contributed by atoms with E-state index in [0.29, 0.717) is 13.1 Å². The van der Waals surface area contributed by atoms with Crippen LogP contribution in [0.4, 0.5) is 5.69 Å². The lowest BCUT2D eigenvalue weighted by Crippen LogP contribution is -2.42. The van der Waals surface area contributed by atoms with Crippen LogP contribution in [0.1, 0.15) is 6.42 Å². The molecule has 2 saturated heterocycles. The molecule has 1 N–H and O–H groups in total. The van der Waals surface area contributed by atoms with Gasteiger partial charge in [0.05, 0.1) is 24.8 Å². The first kappa shape index (κ1) is 17.4. The number of nitrogens with zero attached hydrogens (tertiary/aromatic N) is 2. The number of halogens is 1. The average Bonchev–Trinajstić information content (AvgIpc) is 2.98. The third-order valence-electron chi connectivity index (χ3n) is 4.47. The van der Waals surface area contributed by atoms with Gasteiger partial charge in [0.15, 0.2) is 0 Å². The molecule has 0 aromatic heterocycles. The maximum absolute atomic E-state index is 12.3. The summed E-state index contributed by atoms with van der Waals surface area (Å²) in [5.74, 6) is -0.323. The molecular weight excluding hydrogens is 374 g/mol. The Labute approximate surface area is 150 Å². The summed E-state index contributed by atoms with van der Waals surface area (Å²) in [6, 6.07) is 7.59. The van der Waals surface area contributed by atoms with Crippen LogP contribution in [0, 0.1) is 5.92 Å². The summed E-state index contributed by atoms with van der Waals surface area (Å²) in [6.45, 7) is 5.20. The summed E-state index contributed by atoms with van der Waals surface area (Å²) in [5, 5.41) is 2.97. The Morgan fingerprint density at radius 3 is 2.79 bits per heavy atom. The number of hydrogen-bond donors (Lipinski definition) is 1. The van der Waals surface area contributed by atoms with Crippen LogP contribution in [-0.2, 0) is 14.3 Å². The van der Waals surface area contributed by atoms with E-state index in [9.17, 15) is 9.59 Å². The molecule has 1 atom stereocenters. The number of morpholine rings is 1. The number of ether oxygens (including phenoxy) is 1. The molecule has 2 amide bonds. The van der Waals surface area contributed by atoms with Crippen molar-refractivity contribution in [1.29, 1.82) is 0 Å². The predicted molar refractivity (Wildman–Crippen MR) is 94.9 cm³/mol. The fraction of sp³-hybridized carbons (Fsp3) is 0.529. The Morgan fingerprint density at radius 1 is 1.29 bits per heavy atom. The lowest BCUT2D eigenvalue weighted by atomic mass is 10.1. The average molecular weight is 396 g/mol. The summed E-state index contributed by atoms with van der Waals surface area (Å²) in [7, 11) is 0. The number of hydrogen-bond acceptors (Lipinski definition) is 4. The standard InChI is InChI=1S/C17H22BrN3O3/c18-14-3-1-2-4-15(14)21-12-13(11-16(21)22)17(23)19-5-6-20-7-9-24-10-8-20/h1-4,13H,5-12H2,(H,19,23). The molecule has 1 aromatic carbocycles. The van der Waals surface area contributed by atoms with Crippen molar-refractivity contribution in [3.8, 4) is 0 Å². The predicted octanol–water partition coefficient (Wildman–Crippen LogP) is 1.25. The largest absolute Gasteiger partial charge is 0.379 e. The molecule has 3 rings (SSSR count). The van der Waals surface area contributed by atoms with Gasteiger partial charge in [-0.1, -0.05) is 12.1 Å². The van der Waals surface area contributed by atoms with E-state index < -0.39 is 0 Å². The molecular formula is C17H22BrN3O3. The SMILES string of the molecule is O=C(NCCN1CCOCC1)C1CC(=O)N(c2ccccc2Br)C1. The van der Waals surface area contributed by atoms with Crippen LogP contribution >= 0.6 is 15.9 Å². The van der Waals surface area contributed by atoms with Crippen molar-refractivity contribution < 1.29 is 14.3 Å². The van der Waals surface area contributed by atoms with Gasteiger partial charge in [0, 0.05) is 43.6 Å². The second-order valence-corrected chi connectivity index (χ2v) is 6.96. The third kappa shape index (κ3) is 4.15. The van der Waals surface area contributed by atoms with E-state index in [0.717, 1.165) is 43.0 Å². The van der Waals surface area contributed by atoms with Crippen LogP contribution in [0.15, 0.2) is 28.7 Å². The molecule has 7 heteroatoms. The number of nitrogens with one attached hydrogen (secondary N) is 1. The highest BCUT2D eigenvalue weighted by molar-refractivity contribution is 9.10. The normalized spacial score (nSPS) is 22.0. The number of anilines is 1. The van der Waals surface area contributed by atoms with Crippen molar-refractivity contribution in [2.24, 2.45) is 5.92 Å². The summed E-state index contributed by atoms with van der Waals surface area (Å²) in [4.78, 5) is 28.6. The van der Waals surface area contributed by atoms with E-state index in [1.165, 1.54) is 0 Å². The minimum Gasteiger partial charge on any atom is -0.379 e. The Kier molecular flexibility index (Phi) is 5.86. The Hall–Kier alpha value is -1.44. The molecule has 2 fully saturated rings. The smallest absolute Gasteiger partial charge is 0.227 e. The minimum atomic E-state index is -0.283. The van der Waals surface area contributed by atoms with Gasteiger partial charge in [-0.05, 0) is 28.1 Å². The topological polar surface area (TPSA) is 61.9 Å². The third-order valence-corrected chi connectivity index (χ3v) is 5.14. The second kappa shape index (κ2) is 8.09. The van der Waals surface area contributed by atoms with Crippen molar-refractivity contribution in [3.05, 3.63) is 28.7 Å². The Bertz CT molecular complexity index is 604. The number of benzene rings is 1. The number of amides is 2. The molecule has 0 aliphatic carbocycles. The molecule has 0 saturated carbocycles. The van der Waals surface area contributed by atoms with E-state index in [-0.39, 0.29) is 24.2 Å². The van der Waals surface area contributed by atoms with Crippen LogP contribution in [0.2, 0.25) is 0 Å². The molecule has 24 heavy (non-hydrogen) atoms. The summed E-state index contributed by atoms with van der Waals surface area (Å²) in [5.41, 5.74) is 0.825. The second-order valence-electron chi connectivity index (χ2n) is 6.10. The van der Waals surface area contributed by atoms with Crippen molar-refractivity contribution in [2.45, 2.75) is 6.42 Å². The molecule has 1 unspecified atom stereocenters. The highest BCUT2D eigenvalue weighted by Crippen LogP contribution is 2.31. The molecule has 0 spiro atoms. The first-order valence-corrected chi connectivity index (χ1v) is 9.07. The molecule has 6 nitrogen and oxygen atoms in total. The maximum atomic E-state index is 12.3. The molecule has 130 valence electrons. The van der Waals surface area contributed by atoms with Crippen molar-refractivity contribution in [2.75, 3.05) is 50.8 Å². The van der Waals surface area contributed by atoms with Gasteiger partial charge in [-0.25, -0.2) is 0 Å². The quantitative estimate of drug-likeness (QED) is 0.814. The van der Waals surface area contributed by atoms with Gasteiger partial charge in [0.25, 0.3) is 0 Å². The molecule has 2 aliphatic heterocycles. The first-order valence-electron chi connectivity index (χ1n) is 8.28. The number of carbonyl (C=O) groups excluding carboxylic acids is 2. The van der Waals surface area contributed by atoms with Crippen LogP contribution in [-0.4, -0.2) is 62.7 Å². The zero-order chi connectivity index (χ0) is 16.9. The van der Waals surface area contributed by atoms with E-state index in [2.05, 4.69) is 26.1 Å². The van der Waals surface area contributed by atoms with Crippen molar-refractivity contribution in [1.82, 2.24) is 10.2 Å². The lowest BCUT2D eigenvalue weighted by molar-refractivity contribution is -0.126. The minimum absolute atomic E-state index is 0.00442.